The highest BCUT2D eigenvalue weighted by molar-refractivity contribution is 7.89. The van der Waals surface area contributed by atoms with Gasteiger partial charge in [-0.05, 0) is 62.6 Å². The Morgan fingerprint density at radius 3 is 2.70 bits per heavy atom. The highest BCUT2D eigenvalue weighted by atomic mass is 32.2. The van der Waals surface area contributed by atoms with E-state index in [0.29, 0.717) is 6.54 Å². The summed E-state index contributed by atoms with van der Waals surface area (Å²) in [6.45, 7) is 4.37. The minimum Gasteiger partial charge on any atom is -0.483 e. The fourth-order valence-corrected chi connectivity index (χ4v) is 5.02. The highest BCUT2D eigenvalue weighted by Crippen LogP contribution is 2.34. The van der Waals surface area contributed by atoms with Crippen LogP contribution in [-0.2, 0) is 16.6 Å². The van der Waals surface area contributed by atoms with E-state index in [0.717, 1.165) is 36.1 Å². The van der Waals surface area contributed by atoms with Gasteiger partial charge in [0.15, 0.2) is 5.03 Å². The number of nitrogens with zero attached hydrogens (tertiary/aromatic N) is 2. The van der Waals surface area contributed by atoms with Gasteiger partial charge in [-0.25, -0.2) is 13.4 Å². The van der Waals surface area contributed by atoms with E-state index in [2.05, 4.69) is 4.98 Å². The van der Waals surface area contributed by atoms with E-state index in [9.17, 15) is 8.42 Å². The van der Waals surface area contributed by atoms with E-state index in [1.807, 2.05) is 44.2 Å². The fourth-order valence-electron chi connectivity index (χ4n) is 3.41. The quantitative estimate of drug-likeness (QED) is 0.781. The average molecular weight is 385 g/mol. The minimum absolute atomic E-state index is 0.0405. The Bertz CT molecular complexity index is 964. The van der Waals surface area contributed by atoms with Crippen molar-refractivity contribution in [2.24, 2.45) is 0 Å². The van der Waals surface area contributed by atoms with E-state index in [4.69, 9.17) is 4.74 Å². The van der Waals surface area contributed by atoms with Gasteiger partial charge in [0.25, 0.3) is 10.0 Å². The van der Waals surface area contributed by atoms with E-state index in [-0.39, 0.29) is 16.7 Å². The summed E-state index contributed by atoms with van der Waals surface area (Å²) in [7, 11) is -3.63. The Labute approximate surface area is 160 Å². The zero-order valence-electron chi connectivity index (χ0n) is 15.6. The first-order chi connectivity index (χ1) is 12.9. The summed E-state index contributed by atoms with van der Waals surface area (Å²) in [6.07, 6.45) is 8.45. The molecule has 0 N–H and O–H groups in total. The summed E-state index contributed by atoms with van der Waals surface area (Å²) in [4.78, 5) is 4.08. The van der Waals surface area contributed by atoms with Crippen molar-refractivity contribution in [3.63, 3.8) is 0 Å². The van der Waals surface area contributed by atoms with Crippen molar-refractivity contribution in [1.82, 2.24) is 9.29 Å². The normalized spacial score (nSPS) is 18.6. The lowest BCUT2D eigenvalue weighted by atomic mass is 9.93. The molecule has 0 spiro atoms. The Hall–Kier alpha value is -2.18. The van der Waals surface area contributed by atoms with Crippen molar-refractivity contribution in [3.8, 4) is 5.75 Å². The van der Waals surface area contributed by atoms with E-state index in [1.165, 1.54) is 6.20 Å². The summed E-state index contributed by atoms with van der Waals surface area (Å²) < 4.78 is 33.9. The van der Waals surface area contributed by atoms with Gasteiger partial charge in [-0.15, -0.1) is 0 Å². The minimum atomic E-state index is -3.63. The summed E-state index contributed by atoms with van der Waals surface area (Å²) in [5, 5.41) is 0.111. The molecule has 0 bridgehead atoms. The number of hydrogen-bond acceptors (Lipinski definition) is 4. The molecule has 0 atom stereocenters. The molecule has 27 heavy (non-hydrogen) atoms. The lowest BCUT2D eigenvalue weighted by molar-refractivity contribution is 0.159. The van der Waals surface area contributed by atoms with Crippen LogP contribution in [0.25, 0.3) is 6.08 Å². The molecule has 1 aliphatic heterocycles. The van der Waals surface area contributed by atoms with Gasteiger partial charge in [0.05, 0.1) is 0 Å². The fraction of sp³-hybridized carbons (Fsp3) is 0.381. The lowest BCUT2D eigenvalue weighted by Crippen LogP contribution is -2.43. The number of hydrogen-bond donors (Lipinski definition) is 0. The van der Waals surface area contributed by atoms with Crippen molar-refractivity contribution in [1.29, 1.82) is 0 Å². The number of aromatic nitrogens is 1. The van der Waals surface area contributed by atoms with Crippen LogP contribution in [0.5, 0.6) is 5.75 Å². The largest absolute Gasteiger partial charge is 0.483 e. The summed E-state index contributed by atoms with van der Waals surface area (Å²) in [5.74, 6) is 0.828. The molecule has 1 fully saturated rings. The van der Waals surface area contributed by atoms with Gasteiger partial charge in [-0.3, -0.25) is 0 Å². The number of ether oxygens (including phenoxy) is 1. The van der Waals surface area contributed by atoms with E-state index in [1.54, 1.807) is 22.5 Å². The van der Waals surface area contributed by atoms with Gasteiger partial charge in [-0.2, -0.15) is 4.31 Å². The molecule has 0 amide bonds. The highest BCUT2D eigenvalue weighted by Gasteiger charge is 2.35. The monoisotopic (exact) mass is 384 g/mol. The number of fused-ring (bicyclic) bond motifs is 1. The predicted octanol–water partition coefficient (Wildman–Crippen LogP) is 4.01. The molecule has 1 aliphatic carbocycles. The predicted molar refractivity (Wildman–Crippen MR) is 105 cm³/mol. The lowest BCUT2D eigenvalue weighted by Gasteiger charge is -2.36. The standard InChI is InChI=1S/C21H24N2O3S/c1-21(2)12-11-17-14-16(9-10-19(17)26-21)15-23(18-6-5-7-18)27(24,25)20-8-3-4-13-22-20/h3-4,8-14,18H,5-7,15H2,1-2H3. The maximum absolute atomic E-state index is 13.2. The number of sulfonamides is 1. The van der Waals surface area contributed by atoms with Crippen LogP contribution >= 0.6 is 0 Å². The second-order valence-electron chi connectivity index (χ2n) is 7.71. The van der Waals surface area contributed by atoms with Gasteiger partial charge in [0.2, 0.25) is 0 Å². The van der Waals surface area contributed by atoms with Crippen LogP contribution in [0.2, 0.25) is 0 Å². The zero-order chi connectivity index (χ0) is 19.1. The molecule has 2 heterocycles. The van der Waals surface area contributed by atoms with Crippen molar-refractivity contribution < 1.29 is 13.2 Å². The van der Waals surface area contributed by atoms with Crippen molar-refractivity contribution in [3.05, 3.63) is 59.8 Å². The third-order valence-electron chi connectivity index (χ3n) is 5.14. The van der Waals surface area contributed by atoms with Gasteiger partial charge >= 0.3 is 0 Å². The van der Waals surface area contributed by atoms with Crippen LogP contribution in [0.1, 0.15) is 44.2 Å². The Morgan fingerprint density at radius 1 is 1.22 bits per heavy atom. The van der Waals surface area contributed by atoms with Crippen molar-refractivity contribution >= 4 is 16.1 Å². The Balaban J connectivity index is 1.64. The second kappa shape index (κ2) is 6.77. The molecule has 0 unspecified atom stereocenters. The van der Waals surface area contributed by atoms with Gasteiger partial charge < -0.3 is 4.74 Å². The van der Waals surface area contributed by atoms with Crippen LogP contribution in [0.4, 0.5) is 0 Å². The summed E-state index contributed by atoms with van der Waals surface area (Å²) in [5.41, 5.74) is 1.61. The van der Waals surface area contributed by atoms with Crippen LogP contribution in [0, 0.1) is 0 Å². The molecule has 1 saturated carbocycles. The first kappa shape index (κ1) is 18.2. The second-order valence-corrected chi connectivity index (χ2v) is 9.55. The van der Waals surface area contributed by atoms with Crippen LogP contribution < -0.4 is 4.74 Å². The Morgan fingerprint density at radius 2 is 2.04 bits per heavy atom. The number of rotatable bonds is 5. The Kier molecular flexibility index (Phi) is 4.56. The maximum atomic E-state index is 13.2. The molecule has 142 valence electrons. The molecule has 0 saturated heterocycles. The van der Waals surface area contributed by atoms with Gasteiger partial charge in [0, 0.05) is 24.3 Å². The first-order valence-corrected chi connectivity index (χ1v) is 10.7. The molecular weight excluding hydrogens is 360 g/mol. The molecule has 1 aromatic carbocycles. The third kappa shape index (κ3) is 3.64. The van der Waals surface area contributed by atoms with Crippen LogP contribution in [0.15, 0.2) is 53.7 Å². The molecular formula is C21H24N2O3S. The maximum Gasteiger partial charge on any atom is 0.261 e. The van der Waals surface area contributed by atoms with Crippen molar-refractivity contribution in [2.75, 3.05) is 0 Å². The van der Waals surface area contributed by atoms with Crippen molar-refractivity contribution in [2.45, 2.75) is 56.3 Å². The topological polar surface area (TPSA) is 59.5 Å². The molecule has 2 aliphatic rings. The average Bonchev–Trinajstić information content (AvgIpc) is 2.60. The van der Waals surface area contributed by atoms with E-state index < -0.39 is 10.0 Å². The zero-order valence-corrected chi connectivity index (χ0v) is 16.4. The third-order valence-corrected chi connectivity index (χ3v) is 6.96. The summed E-state index contributed by atoms with van der Waals surface area (Å²) in [6, 6.07) is 10.9. The smallest absolute Gasteiger partial charge is 0.261 e. The number of benzene rings is 1. The first-order valence-electron chi connectivity index (χ1n) is 9.29. The molecule has 2 aromatic rings. The molecule has 1 aromatic heterocycles. The van der Waals surface area contributed by atoms with Gasteiger partial charge in [0.1, 0.15) is 11.4 Å². The van der Waals surface area contributed by atoms with E-state index >= 15 is 0 Å². The number of pyridine rings is 1. The van der Waals surface area contributed by atoms with Crippen LogP contribution in [-0.4, -0.2) is 29.3 Å². The SMILES string of the molecule is CC1(C)C=Cc2cc(CN(C3CCC3)S(=O)(=O)c3ccccn3)ccc2O1. The molecule has 5 nitrogen and oxygen atoms in total. The summed E-state index contributed by atoms with van der Waals surface area (Å²) >= 11 is 0. The van der Waals surface area contributed by atoms with Crippen LogP contribution in [0.3, 0.4) is 0 Å². The molecule has 0 radical (unpaired) electrons. The van der Waals surface area contributed by atoms with Gasteiger partial charge in [-0.1, -0.05) is 24.6 Å². The molecule has 6 heteroatoms. The molecule has 4 rings (SSSR count).